The summed E-state index contributed by atoms with van der Waals surface area (Å²) in [7, 11) is -3.58. The number of sulfonamides is 1. The van der Waals surface area contributed by atoms with Crippen LogP contribution in [0.1, 0.15) is 38.9 Å². The van der Waals surface area contributed by atoms with Crippen molar-refractivity contribution in [1.29, 1.82) is 0 Å². The molecular weight excluding hydrogens is 344 g/mol. The van der Waals surface area contributed by atoms with Gasteiger partial charge in [-0.25, -0.2) is 13.1 Å². The summed E-state index contributed by atoms with van der Waals surface area (Å²) in [5.74, 6) is 1.31. The van der Waals surface area contributed by atoms with Gasteiger partial charge < -0.3 is 10.2 Å². The Hall–Kier alpha value is -0.370. The highest BCUT2D eigenvalue weighted by molar-refractivity contribution is 9.10. The van der Waals surface area contributed by atoms with E-state index < -0.39 is 10.0 Å². The van der Waals surface area contributed by atoms with Crippen LogP contribution in [0.5, 0.6) is 0 Å². The summed E-state index contributed by atoms with van der Waals surface area (Å²) in [5.41, 5.74) is 5.47. The quantitative estimate of drug-likeness (QED) is 0.859. The summed E-state index contributed by atoms with van der Waals surface area (Å²) in [6.45, 7) is 4.45. The average molecular weight is 365 g/mol. The second-order valence-electron chi connectivity index (χ2n) is 5.55. The maximum absolute atomic E-state index is 12.5. The largest absolute Gasteiger partial charge is 0.452 e. The second-order valence-corrected chi connectivity index (χ2v) is 7.95. The first kappa shape index (κ1) is 16.0. The van der Waals surface area contributed by atoms with Crippen molar-refractivity contribution in [3.8, 4) is 0 Å². The van der Waals surface area contributed by atoms with Crippen molar-refractivity contribution < 1.29 is 12.8 Å². The van der Waals surface area contributed by atoms with E-state index in [1.807, 2.05) is 0 Å². The van der Waals surface area contributed by atoms with Crippen molar-refractivity contribution in [3.05, 3.63) is 16.5 Å². The minimum Gasteiger partial charge on any atom is -0.452 e. The van der Waals surface area contributed by atoms with Crippen LogP contribution < -0.4 is 10.5 Å². The van der Waals surface area contributed by atoms with E-state index in [1.165, 1.54) is 6.07 Å². The number of nitrogens with two attached hydrogens (primary N) is 1. The zero-order valence-corrected chi connectivity index (χ0v) is 14.1. The Balaban J connectivity index is 2.20. The van der Waals surface area contributed by atoms with E-state index >= 15 is 0 Å². The Bertz CT molecular complexity index is 570. The van der Waals surface area contributed by atoms with Crippen molar-refractivity contribution >= 4 is 26.0 Å². The van der Waals surface area contributed by atoms with Gasteiger partial charge in [0, 0.05) is 12.1 Å². The zero-order valence-electron chi connectivity index (χ0n) is 11.7. The zero-order chi connectivity index (χ0) is 14.9. The minimum absolute atomic E-state index is 0.0214. The van der Waals surface area contributed by atoms with Gasteiger partial charge in [-0.1, -0.05) is 26.7 Å². The maximum Gasteiger partial charge on any atom is 0.245 e. The first-order chi connectivity index (χ1) is 9.35. The molecule has 114 valence electrons. The van der Waals surface area contributed by atoms with Crippen molar-refractivity contribution in [3.63, 3.8) is 0 Å². The molecule has 0 radical (unpaired) electrons. The van der Waals surface area contributed by atoms with Crippen LogP contribution in [0.15, 0.2) is 20.0 Å². The molecule has 3 atom stereocenters. The first-order valence-corrected chi connectivity index (χ1v) is 9.13. The Morgan fingerprint density at radius 2 is 2.15 bits per heavy atom. The highest BCUT2D eigenvalue weighted by Gasteiger charge is 2.32. The van der Waals surface area contributed by atoms with Crippen LogP contribution >= 0.6 is 15.9 Å². The Labute approximate surface area is 128 Å². The van der Waals surface area contributed by atoms with Gasteiger partial charge in [0.25, 0.3) is 0 Å². The molecule has 1 aromatic heterocycles. The number of hydrogen-bond acceptors (Lipinski definition) is 4. The van der Waals surface area contributed by atoms with Crippen molar-refractivity contribution in [2.45, 2.75) is 50.6 Å². The van der Waals surface area contributed by atoms with Gasteiger partial charge in [-0.3, -0.25) is 0 Å². The summed E-state index contributed by atoms with van der Waals surface area (Å²) < 4.78 is 33.2. The lowest BCUT2D eigenvalue weighted by molar-refractivity contribution is 0.227. The van der Waals surface area contributed by atoms with E-state index in [0.29, 0.717) is 17.6 Å². The Kier molecular flexibility index (Phi) is 4.94. The summed E-state index contributed by atoms with van der Waals surface area (Å²) in [6, 6.07) is 1.45. The predicted molar refractivity (Wildman–Crippen MR) is 80.6 cm³/mol. The summed E-state index contributed by atoms with van der Waals surface area (Å²) in [6.07, 6.45) is 3.09. The summed E-state index contributed by atoms with van der Waals surface area (Å²) in [5, 5.41) is 0. The summed E-state index contributed by atoms with van der Waals surface area (Å²) >= 11 is 3.14. The van der Waals surface area contributed by atoms with Crippen LogP contribution in [0.2, 0.25) is 0 Å². The van der Waals surface area contributed by atoms with Crippen molar-refractivity contribution in [2.24, 2.45) is 17.6 Å². The van der Waals surface area contributed by atoms with Gasteiger partial charge in [0.2, 0.25) is 10.0 Å². The fourth-order valence-electron chi connectivity index (χ4n) is 2.69. The molecule has 0 aromatic carbocycles. The van der Waals surface area contributed by atoms with Crippen LogP contribution in [0.25, 0.3) is 0 Å². The fourth-order valence-corrected chi connectivity index (χ4v) is 5.05. The molecule has 1 fully saturated rings. The molecule has 1 aromatic rings. The molecule has 3 N–H and O–H groups in total. The van der Waals surface area contributed by atoms with E-state index in [9.17, 15) is 8.42 Å². The normalized spacial score (nSPS) is 27.7. The van der Waals surface area contributed by atoms with E-state index in [2.05, 4.69) is 34.5 Å². The third-order valence-corrected chi connectivity index (χ3v) is 6.56. The summed E-state index contributed by atoms with van der Waals surface area (Å²) in [4.78, 5) is 0.128. The van der Waals surface area contributed by atoms with Crippen LogP contribution in [0, 0.1) is 11.8 Å². The fraction of sp³-hybridized carbons (Fsp3) is 0.692. The van der Waals surface area contributed by atoms with Gasteiger partial charge in [0.1, 0.15) is 10.7 Å². The van der Waals surface area contributed by atoms with Gasteiger partial charge in [0.05, 0.1) is 6.54 Å². The van der Waals surface area contributed by atoms with Crippen LogP contribution in [0.3, 0.4) is 0 Å². The molecule has 7 heteroatoms. The minimum atomic E-state index is -3.58. The molecule has 3 unspecified atom stereocenters. The van der Waals surface area contributed by atoms with E-state index in [1.54, 1.807) is 0 Å². The highest BCUT2D eigenvalue weighted by Crippen LogP contribution is 2.32. The van der Waals surface area contributed by atoms with Gasteiger partial charge in [0.15, 0.2) is 4.67 Å². The first-order valence-electron chi connectivity index (χ1n) is 6.85. The lowest BCUT2D eigenvalue weighted by Crippen LogP contribution is -2.43. The van der Waals surface area contributed by atoms with Gasteiger partial charge >= 0.3 is 0 Å². The van der Waals surface area contributed by atoms with Crippen LogP contribution in [-0.4, -0.2) is 14.5 Å². The number of nitrogens with one attached hydrogen (secondary N) is 1. The molecule has 0 aliphatic heterocycles. The number of hydrogen-bond donors (Lipinski definition) is 2. The van der Waals surface area contributed by atoms with E-state index in [-0.39, 0.29) is 22.2 Å². The predicted octanol–water partition coefficient (Wildman–Crippen LogP) is 2.60. The van der Waals surface area contributed by atoms with Crippen molar-refractivity contribution in [1.82, 2.24) is 4.72 Å². The van der Waals surface area contributed by atoms with Gasteiger partial charge in [-0.05, 0) is 34.2 Å². The van der Waals surface area contributed by atoms with Gasteiger partial charge in [-0.2, -0.15) is 0 Å². The average Bonchev–Trinajstić information content (AvgIpc) is 2.77. The van der Waals surface area contributed by atoms with E-state index in [4.69, 9.17) is 10.2 Å². The molecule has 1 aliphatic carbocycles. The van der Waals surface area contributed by atoms with Crippen LogP contribution in [-0.2, 0) is 16.6 Å². The smallest absolute Gasteiger partial charge is 0.245 e. The van der Waals surface area contributed by atoms with Crippen molar-refractivity contribution in [2.75, 3.05) is 0 Å². The van der Waals surface area contributed by atoms with Crippen LogP contribution in [0.4, 0.5) is 0 Å². The Morgan fingerprint density at radius 1 is 1.45 bits per heavy atom. The Morgan fingerprint density at radius 3 is 2.75 bits per heavy atom. The number of rotatable bonds is 4. The third kappa shape index (κ3) is 3.27. The topological polar surface area (TPSA) is 85.3 Å². The molecule has 2 rings (SSSR count). The molecule has 1 aliphatic rings. The molecule has 0 saturated heterocycles. The molecule has 1 saturated carbocycles. The SMILES string of the molecule is CC1CCCC(NS(=O)(=O)c2cc(CN)oc2Br)C1C. The highest BCUT2D eigenvalue weighted by atomic mass is 79.9. The maximum atomic E-state index is 12.5. The molecule has 1 heterocycles. The number of halogens is 1. The third-order valence-electron chi connectivity index (χ3n) is 4.21. The monoisotopic (exact) mass is 364 g/mol. The standard InChI is InChI=1S/C13H21BrN2O3S/c1-8-4-3-5-11(9(8)2)16-20(17,18)12-6-10(7-15)19-13(12)14/h6,8-9,11,16H,3-5,7,15H2,1-2H3. The molecule has 20 heavy (non-hydrogen) atoms. The lowest BCUT2D eigenvalue weighted by atomic mass is 9.78. The molecule has 0 spiro atoms. The lowest BCUT2D eigenvalue weighted by Gasteiger charge is -2.34. The molecular formula is C13H21BrN2O3S. The molecule has 0 bridgehead atoms. The molecule has 5 nitrogen and oxygen atoms in total. The second kappa shape index (κ2) is 6.17. The van der Waals surface area contributed by atoms with Gasteiger partial charge in [-0.15, -0.1) is 0 Å². The number of furan rings is 1. The van der Waals surface area contributed by atoms with E-state index in [0.717, 1.165) is 19.3 Å². The molecule has 0 amide bonds.